The zero-order valence-corrected chi connectivity index (χ0v) is 9.75. The molecule has 2 unspecified atom stereocenters. The van der Waals surface area contributed by atoms with E-state index in [9.17, 15) is 18.0 Å². The van der Waals surface area contributed by atoms with Crippen LogP contribution >= 0.6 is 11.8 Å². The summed E-state index contributed by atoms with van der Waals surface area (Å²) in [6.45, 7) is 0.941. The average Bonchev–Trinajstić information content (AvgIpc) is 2.64. The summed E-state index contributed by atoms with van der Waals surface area (Å²) < 4.78 is 37.2. The molecule has 1 fully saturated rings. The van der Waals surface area contributed by atoms with E-state index in [0.717, 1.165) is 18.6 Å². The van der Waals surface area contributed by atoms with Crippen LogP contribution in [0.5, 0.6) is 0 Å². The molecule has 0 aromatic carbocycles. The second kappa shape index (κ2) is 4.83. The van der Waals surface area contributed by atoms with Crippen LogP contribution in [0.25, 0.3) is 0 Å². The predicted octanol–water partition coefficient (Wildman–Crippen LogP) is 1.28. The van der Waals surface area contributed by atoms with E-state index >= 15 is 0 Å². The summed E-state index contributed by atoms with van der Waals surface area (Å²) in [5.74, 6) is -0.160. The van der Waals surface area contributed by atoms with Gasteiger partial charge < -0.3 is 11.1 Å². The predicted molar refractivity (Wildman–Crippen MR) is 57.1 cm³/mol. The van der Waals surface area contributed by atoms with E-state index in [0.29, 0.717) is 6.92 Å². The molecule has 1 amide bonds. The molecule has 94 valence electrons. The van der Waals surface area contributed by atoms with Crippen LogP contribution in [0, 0.1) is 0 Å². The molecular formula is C9H15F3N2OS. The van der Waals surface area contributed by atoms with Crippen LogP contribution in [0.3, 0.4) is 0 Å². The van der Waals surface area contributed by atoms with Crippen molar-refractivity contribution in [3.63, 3.8) is 0 Å². The summed E-state index contributed by atoms with van der Waals surface area (Å²) >= 11 is 1.67. The normalized spacial score (nSPS) is 25.2. The quantitative estimate of drug-likeness (QED) is 0.799. The number of carbonyl (C=O) groups excluding carboxylic acids is 1. The summed E-state index contributed by atoms with van der Waals surface area (Å²) in [5, 5.41) is 2.48. The van der Waals surface area contributed by atoms with E-state index in [1.807, 2.05) is 0 Å². The third-order valence-corrected chi connectivity index (χ3v) is 3.97. The standard InChI is InChI=1S/C9H15F3N2OS/c1-8(13,9(10,11)12)7(15)14-5-6-3-2-4-16-6/h6H,2-5,13H2,1H3,(H,14,15). The second-order valence-electron chi connectivity index (χ2n) is 4.05. The van der Waals surface area contributed by atoms with Gasteiger partial charge in [0.05, 0.1) is 0 Å². The van der Waals surface area contributed by atoms with Gasteiger partial charge in [0.2, 0.25) is 5.91 Å². The lowest BCUT2D eigenvalue weighted by Gasteiger charge is -2.26. The molecule has 3 nitrogen and oxygen atoms in total. The molecule has 3 N–H and O–H groups in total. The minimum Gasteiger partial charge on any atom is -0.353 e. The highest BCUT2D eigenvalue weighted by atomic mass is 32.2. The zero-order chi connectivity index (χ0) is 12.4. The van der Waals surface area contributed by atoms with Gasteiger partial charge in [0.1, 0.15) is 0 Å². The molecule has 16 heavy (non-hydrogen) atoms. The maximum atomic E-state index is 12.4. The minimum absolute atomic E-state index is 0.216. The van der Waals surface area contributed by atoms with Gasteiger partial charge in [-0.05, 0) is 25.5 Å². The first kappa shape index (κ1) is 13.6. The molecule has 1 aliphatic heterocycles. The molecule has 0 spiro atoms. The largest absolute Gasteiger partial charge is 0.415 e. The fraction of sp³-hybridized carbons (Fsp3) is 0.889. The Balaban J connectivity index is 2.45. The van der Waals surface area contributed by atoms with Crippen molar-refractivity contribution in [2.24, 2.45) is 5.73 Å². The Kier molecular flexibility index (Phi) is 4.12. The van der Waals surface area contributed by atoms with Gasteiger partial charge in [0.25, 0.3) is 0 Å². The second-order valence-corrected chi connectivity index (χ2v) is 5.45. The Morgan fingerprint density at radius 3 is 2.62 bits per heavy atom. The number of amides is 1. The van der Waals surface area contributed by atoms with Crippen LogP contribution in [0.15, 0.2) is 0 Å². The van der Waals surface area contributed by atoms with Crippen LogP contribution in [0.4, 0.5) is 13.2 Å². The van der Waals surface area contributed by atoms with E-state index in [1.54, 1.807) is 11.8 Å². The number of hydrogen-bond donors (Lipinski definition) is 2. The van der Waals surface area contributed by atoms with Gasteiger partial charge in [-0.15, -0.1) is 0 Å². The highest BCUT2D eigenvalue weighted by Gasteiger charge is 2.53. The molecule has 1 rings (SSSR count). The number of nitrogens with one attached hydrogen (secondary N) is 1. The molecule has 1 saturated heterocycles. The van der Waals surface area contributed by atoms with Crippen molar-refractivity contribution < 1.29 is 18.0 Å². The lowest BCUT2D eigenvalue weighted by molar-refractivity contribution is -0.187. The Bertz CT molecular complexity index is 262. The number of halogens is 3. The zero-order valence-electron chi connectivity index (χ0n) is 8.93. The first-order valence-electron chi connectivity index (χ1n) is 5.00. The van der Waals surface area contributed by atoms with Crippen molar-refractivity contribution in [3.05, 3.63) is 0 Å². The van der Waals surface area contributed by atoms with E-state index in [2.05, 4.69) is 5.32 Å². The maximum absolute atomic E-state index is 12.4. The molecule has 0 aromatic heterocycles. The third kappa shape index (κ3) is 3.04. The Hall–Kier alpha value is -0.430. The molecule has 1 aliphatic rings. The summed E-state index contributed by atoms with van der Waals surface area (Å²) in [5.41, 5.74) is 2.17. The number of rotatable bonds is 3. The van der Waals surface area contributed by atoms with Gasteiger partial charge in [0.15, 0.2) is 5.54 Å². The third-order valence-electron chi connectivity index (χ3n) is 2.57. The lowest BCUT2D eigenvalue weighted by Crippen LogP contribution is -2.61. The van der Waals surface area contributed by atoms with E-state index in [-0.39, 0.29) is 11.8 Å². The SMILES string of the molecule is CC(N)(C(=O)NCC1CCCS1)C(F)(F)F. The topological polar surface area (TPSA) is 55.1 Å². The molecule has 1 heterocycles. The van der Waals surface area contributed by atoms with Crippen molar-refractivity contribution >= 4 is 17.7 Å². The lowest BCUT2D eigenvalue weighted by atomic mass is 10.0. The molecule has 0 aromatic rings. The summed E-state index contributed by atoms with van der Waals surface area (Å²) in [6, 6.07) is 0. The molecule has 7 heteroatoms. The van der Waals surface area contributed by atoms with Gasteiger partial charge >= 0.3 is 6.18 Å². The molecule has 0 aliphatic carbocycles. The first-order valence-corrected chi connectivity index (χ1v) is 6.05. The number of hydrogen-bond acceptors (Lipinski definition) is 3. The average molecular weight is 256 g/mol. The highest BCUT2D eigenvalue weighted by Crippen LogP contribution is 2.29. The molecule has 0 radical (unpaired) electrons. The van der Waals surface area contributed by atoms with E-state index < -0.39 is 17.6 Å². The molecule has 0 saturated carbocycles. The van der Waals surface area contributed by atoms with E-state index in [4.69, 9.17) is 5.73 Å². The van der Waals surface area contributed by atoms with E-state index in [1.165, 1.54) is 0 Å². The number of thioether (sulfide) groups is 1. The molecular weight excluding hydrogens is 241 g/mol. The highest BCUT2D eigenvalue weighted by molar-refractivity contribution is 8.00. The van der Waals surface area contributed by atoms with Crippen LogP contribution in [-0.2, 0) is 4.79 Å². The number of carbonyl (C=O) groups is 1. The fourth-order valence-electron chi connectivity index (χ4n) is 1.32. The monoisotopic (exact) mass is 256 g/mol. The number of nitrogens with two attached hydrogens (primary N) is 1. The fourth-order valence-corrected chi connectivity index (χ4v) is 2.53. The van der Waals surface area contributed by atoms with Gasteiger partial charge in [-0.3, -0.25) is 4.79 Å². The maximum Gasteiger partial charge on any atom is 0.415 e. The Morgan fingerprint density at radius 2 is 2.19 bits per heavy atom. The summed E-state index contributed by atoms with van der Waals surface area (Å²) in [4.78, 5) is 11.3. The number of alkyl halides is 3. The van der Waals surface area contributed by atoms with Crippen molar-refractivity contribution in [1.29, 1.82) is 0 Å². The minimum atomic E-state index is -4.72. The van der Waals surface area contributed by atoms with Crippen molar-refractivity contribution in [1.82, 2.24) is 5.32 Å². The first-order chi connectivity index (χ1) is 7.25. The molecule has 2 atom stereocenters. The van der Waals surface area contributed by atoms with Crippen LogP contribution in [0.1, 0.15) is 19.8 Å². The van der Waals surface area contributed by atoms with Crippen LogP contribution < -0.4 is 11.1 Å². The van der Waals surface area contributed by atoms with Crippen molar-refractivity contribution in [2.45, 2.75) is 36.7 Å². The van der Waals surface area contributed by atoms with Gasteiger partial charge in [-0.25, -0.2) is 0 Å². The van der Waals surface area contributed by atoms with Crippen LogP contribution in [0.2, 0.25) is 0 Å². The van der Waals surface area contributed by atoms with Gasteiger partial charge in [-0.1, -0.05) is 0 Å². The van der Waals surface area contributed by atoms with Crippen molar-refractivity contribution in [2.75, 3.05) is 12.3 Å². The summed E-state index contributed by atoms with van der Waals surface area (Å²) in [6.07, 6.45) is -2.75. The van der Waals surface area contributed by atoms with Gasteiger partial charge in [-0.2, -0.15) is 24.9 Å². The smallest absolute Gasteiger partial charge is 0.353 e. The van der Waals surface area contributed by atoms with Gasteiger partial charge in [0, 0.05) is 11.8 Å². The Morgan fingerprint density at radius 1 is 1.56 bits per heavy atom. The van der Waals surface area contributed by atoms with Crippen LogP contribution in [-0.4, -0.2) is 35.2 Å². The Labute approximate surface area is 96.3 Å². The summed E-state index contributed by atoms with van der Waals surface area (Å²) in [7, 11) is 0. The van der Waals surface area contributed by atoms with Crippen molar-refractivity contribution in [3.8, 4) is 0 Å². The molecule has 0 bridgehead atoms.